The smallest absolute Gasteiger partial charge is 0.00990 e. The van der Waals surface area contributed by atoms with Crippen LogP contribution < -0.4 is 0 Å². The van der Waals surface area contributed by atoms with Crippen molar-refractivity contribution in [3.63, 3.8) is 0 Å². The molecule has 112 valence electrons. The largest absolute Gasteiger partial charge is 0.0616 e. The minimum absolute atomic E-state index is 1.30. The molecule has 0 atom stereocenters. The van der Waals surface area contributed by atoms with Crippen LogP contribution >= 0.6 is 0 Å². The van der Waals surface area contributed by atoms with E-state index in [0.717, 1.165) is 0 Å². The molecule has 4 aromatic carbocycles. The Balaban J connectivity index is 2.48. The van der Waals surface area contributed by atoms with Crippen molar-refractivity contribution < 1.29 is 0 Å². The van der Waals surface area contributed by atoms with Gasteiger partial charge < -0.3 is 0 Å². The number of hydrogen-bond donors (Lipinski definition) is 0. The summed E-state index contributed by atoms with van der Waals surface area (Å²) in [5, 5.41) is 10.4. The Bertz CT molecular complexity index is 1060. The number of rotatable bonds is 0. The van der Waals surface area contributed by atoms with E-state index in [1.54, 1.807) is 0 Å². The van der Waals surface area contributed by atoms with Gasteiger partial charge in [-0.1, -0.05) is 97.1 Å². The Labute approximate surface area is 139 Å². The van der Waals surface area contributed by atoms with Crippen molar-refractivity contribution >= 4 is 0 Å². The molecule has 0 N–H and O–H groups in total. The topological polar surface area (TPSA) is 0 Å². The second-order valence-electron chi connectivity index (χ2n) is 6.18. The third kappa shape index (κ3) is 1.87. The maximum absolute atomic E-state index is 2.24. The Morgan fingerprint density at radius 1 is 0.208 bits per heavy atom. The van der Waals surface area contributed by atoms with Crippen molar-refractivity contribution in [1.82, 2.24) is 0 Å². The van der Waals surface area contributed by atoms with Crippen molar-refractivity contribution in [3.8, 4) is 0 Å². The molecule has 0 aliphatic heterocycles. The molecule has 0 heterocycles. The van der Waals surface area contributed by atoms with Gasteiger partial charge in [-0.05, 0) is 41.7 Å². The van der Waals surface area contributed by atoms with Crippen LogP contribution in [0.3, 0.4) is 0 Å². The molecule has 0 heteroatoms. The van der Waals surface area contributed by atoms with E-state index in [0.29, 0.717) is 0 Å². The maximum Gasteiger partial charge on any atom is -0.00990 e. The van der Waals surface area contributed by atoms with E-state index in [-0.39, 0.29) is 0 Å². The lowest BCUT2D eigenvalue weighted by atomic mass is 10.0. The van der Waals surface area contributed by atoms with Crippen molar-refractivity contribution in [3.05, 3.63) is 139 Å². The molecule has 0 unspecified atom stereocenters. The van der Waals surface area contributed by atoms with Crippen LogP contribution in [0, 0.1) is 41.7 Å². The zero-order chi connectivity index (χ0) is 15.9. The van der Waals surface area contributed by atoms with Crippen LogP contribution in [0.5, 0.6) is 0 Å². The van der Waals surface area contributed by atoms with Gasteiger partial charge >= 0.3 is 0 Å². The van der Waals surface area contributed by atoms with E-state index in [1.807, 2.05) is 0 Å². The summed E-state index contributed by atoms with van der Waals surface area (Å²) in [6, 6.07) is 34.9. The zero-order valence-electron chi connectivity index (χ0n) is 13.2. The van der Waals surface area contributed by atoms with Gasteiger partial charge in [-0.25, -0.2) is 0 Å². The standard InChI is InChI=1S/C24H16/c1-2-10-18-17(9-1)19-11-3-4-13-21(19)23-15-7-8-16-24(23)22-14-6-5-12-20(18)22/h1-16H/b19-17-,20-18-,23-21-,24-22-. The van der Waals surface area contributed by atoms with Crippen LogP contribution in [0.1, 0.15) is 0 Å². The molecule has 0 radical (unpaired) electrons. The van der Waals surface area contributed by atoms with Gasteiger partial charge in [0.1, 0.15) is 0 Å². The highest BCUT2D eigenvalue weighted by Gasteiger charge is 1.98. The maximum atomic E-state index is 2.24. The lowest BCUT2D eigenvalue weighted by Crippen LogP contribution is -1.88. The first-order valence-electron chi connectivity index (χ1n) is 8.31. The van der Waals surface area contributed by atoms with Gasteiger partial charge in [-0.3, -0.25) is 0 Å². The third-order valence-corrected chi connectivity index (χ3v) is 4.87. The summed E-state index contributed by atoms with van der Waals surface area (Å²) in [5.74, 6) is 0. The highest BCUT2D eigenvalue weighted by molar-refractivity contribution is 5.29. The summed E-state index contributed by atoms with van der Waals surface area (Å²) >= 11 is 0. The van der Waals surface area contributed by atoms with E-state index >= 15 is 0 Å². The zero-order valence-corrected chi connectivity index (χ0v) is 13.2. The summed E-state index contributed by atoms with van der Waals surface area (Å²) in [5.41, 5.74) is 0. The van der Waals surface area contributed by atoms with Gasteiger partial charge in [0.05, 0.1) is 0 Å². The van der Waals surface area contributed by atoms with Gasteiger partial charge in [0.15, 0.2) is 0 Å². The van der Waals surface area contributed by atoms with E-state index in [2.05, 4.69) is 97.1 Å². The van der Waals surface area contributed by atoms with Crippen LogP contribution in [0.25, 0.3) is 0 Å². The molecule has 0 amide bonds. The SMILES string of the molecule is c1ccc2/c(c1)=c1/cccc/c1=c1\cccc\c1=c1/cccc/c1=2. The molecular formula is C24H16. The fraction of sp³-hybridized carbons (Fsp3) is 0. The first-order valence-corrected chi connectivity index (χ1v) is 8.31. The van der Waals surface area contributed by atoms with E-state index in [9.17, 15) is 0 Å². The highest BCUT2D eigenvalue weighted by atomic mass is 14.0. The Hall–Kier alpha value is -3.12. The molecule has 1 aliphatic carbocycles. The molecule has 0 spiro atoms. The molecule has 0 bridgehead atoms. The minimum Gasteiger partial charge on any atom is -0.0616 e. The lowest BCUT2D eigenvalue weighted by molar-refractivity contribution is 1.29. The van der Waals surface area contributed by atoms with Gasteiger partial charge in [0, 0.05) is 0 Å². The predicted octanol–water partition coefficient (Wildman–Crippen LogP) is 5.15. The van der Waals surface area contributed by atoms with Crippen molar-refractivity contribution in [2.75, 3.05) is 0 Å². The Kier molecular flexibility index (Phi) is 2.89. The van der Waals surface area contributed by atoms with E-state index in [4.69, 9.17) is 0 Å². The second-order valence-corrected chi connectivity index (χ2v) is 6.18. The summed E-state index contributed by atoms with van der Waals surface area (Å²) < 4.78 is 0. The highest BCUT2D eigenvalue weighted by Crippen LogP contribution is 2.12. The first-order chi connectivity index (χ1) is 11.9. The first kappa shape index (κ1) is 13.3. The fourth-order valence-corrected chi connectivity index (χ4v) is 3.81. The second kappa shape index (κ2) is 5.21. The number of benzene rings is 4. The molecule has 24 heavy (non-hydrogen) atoms. The van der Waals surface area contributed by atoms with Gasteiger partial charge in [-0.2, -0.15) is 0 Å². The van der Waals surface area contributed by atoms with Crippen LogP contribution in [-0.4, -0.2) is 0 Å². The van der Waals surface area contributed by atoms with Crippen LogP contribution in [-0.2, 0) is 0 Å². The van der Waals surface area contributed by atoms with Crippen molar-refractivity contribution in [2.24, 2.45) is 0 Å². The molecule has 0 saturated carbocycles. The third-order valence-electron chi connectivity index (χ3n) is 4.87. The molecule has 0 saturated heterocycles. The Morgan fingerprint density at radius 3 is 0.458 bits per heavy atom. The normalized spacial score (nSPS) is 17.3. The summed E-state index contributed by atoms with van der Waals surface area (Å²) in [6.07, 6.45) is 0. The average molecular weight is 304 g/mol. The molecule has 0 fully saturated rings. The van der Waals surface area contributed by atoms with E-state index < -0.39 is 0 Å². The van der Waals surface area contributed by atoms with E-state index in [1.165, 1.54) is 41.7 Å². The number of hydrogen-bond acceptors (Lipinski definition) is 0. The molecule has 0 aromatic heterocycles. The van der Waals surface area contributed by atoms with Crippen molar-refractivity contribution in [2.45, 2.75) is 0 Å². The average Bonchev–Trinajstić information content (AvgIpc) is 2.67. The van der Waals surface area contributed by atoms with Crippen molar-refractivity contribution in [1.29, 1.82) is 0 Å². The molecule has 5 rings (SSSR count). The minimum atomic E-state index is 1.30. The summed E-state index contributed by atoms with van der Waals surface area (Å²) in [7, 11) is 0. The number of fused-ring (bicyclic) bond motifs is 4. The molecular weight excluding hydrogens is 288 g/mol. The Morgan fingerprint density at radius 2 is 0.333 bits per heavy atom. The quantitative estimate of drug-likeness (QED) is 0.371. The fourth-order valence-electron chi connectivity index (χ4n) is 3.81. The summed E-state index contributed by atoms with van der Waals surface area (Å²) in [6.45, 7) is 0. The van der Waals surface area contributed by atoms with Crippen LogP contribution in [0.15, 0.2) is 97.1 Å². The predicted molar refractivity (Wildman–Crippen MR) is 96.5 cm³/mol. The van der Waals surface area contributed by atoms with Gasteiger partial charge in [0.2, 0.25) is 0 Å². The van der Waals surface area contributed by atoms with Gasteiger partial charge in [0.25, 0.3) is 0 Å². The lowest BCUT2D eigenvalue weighted by Gasteiger charge is -2.02. The van der Waals surface area contributed by atoms with Crippen LogP contribution in [0.2, 0.25) is 0 Å². The molecule has 1 aliphatic rings. The molecule has 4 aromatic rings. The van der Waals surface area contributed by atoms with Gasteiger partial charge in [-0.15, -0.1) is 0 Å². The summed E-state index contributed by atoms with van der Waals surface area (Å²) in [4.78, 5) is 0. The molecule has 0 nitrogen and oxygen atoms in total. The monoisotopic (exact) mass is 304 g/mol. The van der Waals surface area contributed by atoms with Crippen LogP contribution in [0.4, 0.5) is 0 Å².